The van der Waals surface area contributed by atoms with Gasteiger partial charge in [-0.1, -0.05) is 44.5 Å². The molecule has 1 fully saturated rings. The average Bonchev–Trinajstić information content (AvgIpc) is 2.68. The maximum absolute atomic E-state index is 5.42. The Balaban J connectivity index is 1.78. The van der Waals surface area contributed by atoms with Gasteiger partial charge in [-0.3, -0.25) is 4.98 Å². The highest BCUT2D eigenvalue weighted by molar-refractivity contribution is 5.36. The highest BCUT2D eigenvalue weighted by Gasteiger charge is 2.23. The second-order valence-corrected chi connectivity index (χ2v) is 7.40. The Morgan fingerprint density at radius 3 is 2.81 bits per heavy atom. The molecule has 3 unspecified atom stereocenters. The third kappa shape index (κ3) is 4.66. The van der Waals surface area contributed by atoms with Crippen molar-refractivity contribution in [3.8, 4) is 5.75 Å². The van der Waals surface area contributed by atoms with E-state index in [4.69, 9.17) is 4.74 Å². The first kappa shape index (κ1) is 18.5. The van der Waals surface area contributed by atoms with Crippen LogP contribution in [0, 0.1) is 5.92 Å². The van der Waals surface area contributed by atoms with E-state index in [1.54, 1.807) is 7.11 Å². The zero-order valence-corrected chi connectivity index (χ0v) is 15.9. The molecule has 0 spiro atoms. The molecular weight excluding hydrogens is 320 g/mol. The van der Waals surface area contributed by atoms with Crippen molar-refractivity contribution >= 4 is 0 Å². The third-order valence-corrected chi connectivity index (χ3v) is 5.49. The van der Waals surface area contributed by atoms with Gasteiger partial charge in [0, 0.05) is 29.5 Å². The fraction of sp³-hybridized carbons (Fsp3) is 0.435. The SMILES string of the molecule is C=C(CC(c1cccc(OC)c1)c1ccccn1)NC1CCCCC1C. The van der Waals surface area contributed by atoms with Crippen molar-refractivity contribution in [3.63, 3.8) is 0 Å². The zero-order valence-electron chi connectivity index (χ0n) is 15.9. The van der Waals surface area contributed by atoms with Crippen LogP contribution < -0.4 is 10.1 Å². The predicted molar refractivity (Wildman–Crippen MR) is 107 cm³/mol. The summed E-state index contributed by atoms with van der Waals surface area (Å²) in [5.74, 6) is 1.76. The van der Waals surface area contributed by atoms with Gasteiger partial charge in [-0.05, 0) is 55.0 Å². The van der Waals surface area contributed by atoms with E-state index in [1.165, 1.54) is 31.2 Å². The minimum atomic E-state index is 0.171. The summed E-state index contributed by atoms with van der Waals surface area (Å²) in [6, 6.07) is 14.9. The van der Waals surface area contributed by atoms with E-state index in [1.807, 2.05) is 24.4 Å². The number of hydrogen-bond donors (Lipinski definition) is 1. The number of methoxy groups -OCH3 is 1. The van der Waals surface area contributed by atoms with Gasteiger partial charge >= 0.3 is 0 Å². The summed E-state index contributed by atoms with van der Waals surface area (Å²) in [5.41, 5.74) is 3.38. The second kappa shape index (κ2) is 8.88. The Labute approximate surface area is 157 Å². The van der Waals surface area contributed by atoms with E-state index >= 15 is 0 Å². The maximum atomic E-state index is 5.42. The molecule has 0 radical (unpaired) electrons. The van der Waals surface area contributed by atoms with Gasteiger partial charge in [0.05, 0.1) is 7.11 Å². The predicted octanol–water partition coefficient (Wildman–Crippen LogP) is 5.29. The Bertz CT molecular complexity index is 713. The average molecular weight is 351 g/mol. The van der Waals surface area contributed by atoms with Crippen molar-refractivity contribution in [1.29, 1.82) is 0 Å². The number of pyridine rings is 1. The molecule has 2 aromatic rings. The fourth-order valence-corrected chi connectivity index (χ4v) is 3.93. The molecule has 3 heteroatoms. The van der Waals surface area contributed by atoms with Crippen LogP contribution in [0.2, 0.25) is 0 Å². The molecule has 3 rings (SSSR count). The number of rotatable bonds is 7. The van der Waals surface area contributed by atoms with E-state index in [-0.39, 0.29) is 5.92 Å². The van der Waals surface area contributed by atoms with E-state index in [9.17, 15) is 0 Å². The van der Waals surface area contributed by atoms with Crippen LogP contribution in [0.25, 0.3) is 0 Å². The van der Waals surface area contributed by atoms with Crippen molar-refractivity contribution in [1.82, 2.24) is 10.3 Å². The van der Waals surface area contributed by atoms with Crippen molar-refractivity contribution in [2.24, 2.45) is 5.92 Å². The standard InChI is InChI=1S/C23H30N2O/c1-17-9-4-5-12-22(17)25-18(2)15-21(23-13-6-7-14-24-23)19-10-8-11-20(16-19)26-3/h6-8,10-11,13-14,16-17,21-22,25H,2,4-5,9,12,15H2,1,3H3. The monoisotopic (exact) mass is 350 g/mol. The highest BCUT2D eigenvalue weighted by atomic mass is 16.5. The molecular formula is C23H30N2O. The molecule has 1 N–H and O–H groups in total. The third-order valence-electron chi connectivity index (χ3n) is 5.49. The molecule has 0 saturated heterocycles. The van der Waals surface area contributed by atoms with Gasteiger partial charge in [-0.2, -0.15) is 0 Å². The lowest BCUT2D eigenvalue weighted by molar-refractivity contribution is 0.294. The smallest absolute Gasteiger partial charge is 0.119 e. The van der Waals surface area contributed by atoms with E-state index in [2.05, 4.69) is 48.1 Å². The van der Waals surface area contributed by atoms with Crippen LogP contribution in [0.1, 0.15) is 56.2 Å². The fourth-order valence-electron chi connectivity index (χ4n) is 3.93. The number of hydrogen-bond acceptors (Lipinski definition) is 3. The Morgan fingerprint density at radius 1 is 1.23 bits per heavy atom. The molecule has 1 aromatic heterocycles. The molecule has 3 atom stereocenters. The molecule has 1 aliphatic rings. The Morgan fingerprint density at radius 2 is 2.08 bits per heavy atom. The summed E-state index contributed by atoms with van der Waals surface area (Å²) >= 11 is 0. The topological polar surface area (TPSA) is 34.1 Å². The van der Waals surface area contributed by atoms with Crippen LogP contribution in [-0.2, 0) is 0 Å². The first-order valence-electron chi connectivity index (χ1n) is 9.66. The molecule has 1 heterocycles. The van der Waals surface area contributed by atoms with Crippen LogP contribution in [-0.4, -0.2) is 18.1 Å². The van der Waals surface area contributed by atoms with Crippen LogP contribution >= 0.6 is 0 Å². The summed E-state index contributed by atoms with van der Waals surface area (Å²) in [6.07, 6.45) is 7.93. The first-order valence-corrected chi connectivity index (χ1v) is 9.66. The lowest BCUT2D eigenvalue weighted by Gasteiger charge is -2.32. The van der Waals surface area contributed by atoms with Gasteiger partial charge in [0.25, 0.3) is 0 Å². The Hall–Kier alpha value is -2.29. The summed E-state index contributed by atoms with van der Waals surface area (Å²) in [6.45, 7) is 6.70. The van der Waals surface area contributed by atoms with Gasteiger partial charge in [-0.25, -0.2) is 0 Å². The molecule has 26 heavy (non-hydrogen) atoms. The molecule has 1 saturated carbocycles. The van der Waals surface area contributed by atoms with Crippen molar-refractivity contribution in [2.75, 3.05) is 7.11 Å². The normalized spacial score (nSPS) is 21.0. The number of nitrogens with one attached hydrogen (secondary N) is 1. The lowest BCUT2D eigenvalue weighted by Crippen LogP contribution is -2.36. The van der Waals surface area contributed by atoms with Gasteiger partial charge in [0.15, 0.2) is 0 Å². The molecule has 3 nitrogen and oxygen atoms in total. The number of benzene rings is 1. The van der Waals surface area contributed by atoms with E-state index in [0.717, 1.165) is 23.6 Å². The van der Waals surface area contributed by atoms with E-state index in [0.29, 0.717) is 12.0 Å². The zero-order chi connectivity index (χ0) is 18.4. The van der Waals surface area contributed by atoms with E-state index < -0.39 is 0 Å². The summed E-state index contributed by atoms with van der Waals surface area (Å²) in [7, 11) is 1.71. The number of ether oxygens (including phenoxy) is 1. The molecule has 1 aromatic carbocycles. The number of nitrogens with zero attached hydrogens (tertiary/aromatic N) is 1. The number of allylic oxidation sites excluding steroid dienone is 1. The maximum Gasteiger partial charge on any atom is 0.119 e. The van der Waals surface area contributed by atoms with Crippen molar-refractivity contribution in [2.45, 2.75) is 51.0 Å². The Kier molecular flexibility index (Phi) is 6.32. The first-order chi connectivity index (χ1) is 12.7. The molecule has 1 aliphatic carbocycles. The minimum absolute atomic E-state index is 0.171. The van der Waals surface area contributed by atoms with Crippen LogP contribution in [0.5, 0.6) is 5.75 Å². The molecule has 138 valence electrons. The molecule has 0 amide bonds. The molecule has 0 aliphatic heterocycles. The van der Waals surface area contributed by atoms with Crippen molar-refractivity contribution < 1.29 is 4.74 Å². The van der Waals surface area contributed by atoms with Gasteiger partial charge < -0.3 is 10.1 Å². The van der Waals surface area contributed by atoms with Gasteiger partial charge in [-0.15, -0.1) is 0 Å². The second-order valence-electron chi connectivity index (χ2n) is 7.40. The quantitative estimate of drug-likeness (QED) is 0.736. The molecule has 0 bridgehead atoms. The van der Waals surface area contributed by atoms with Crippen LogP contribution in [0.4, 0.5) is 0 Å². The van der Waals surface area contributed by atoms with Gasteiger partial charge in [0.1, 0.15) is 5.75 Å². The van der Waals surface area contributed by atoms with Gasteiger partial charge in [0.2, 0.25) is 0 Å². The van der Waals surface area contributed by atoms with Crippen LogP contribution in [0.15, 0.2) is 60.9 Å². The largest absolute Gasteiger partial charge is 0.497 e. The summed E-state index contributed by atoms with van der Waals surface area (Å²) in [4.78, 5) is 4.62. The highest BCUT2D eigenvalue weighted by Crippen LogP contribution is 2.32. The summed E-state index contributed by atoms with van der Waals surface area (Å²) in [5, 5.41) is 3.71. The minimum Gasteiger partial charge on any atom is -0.497 e. The van der Waals surface area contributed by atoms with Crippen LogP contribution in [0.3, 0.4) is 0 Å². The number of aromatic nitrogens is 1. The lowest BCUT2D eigenvalue weighted by atomic mass is 9.85. The van der Waals surface area contributed by atoms with Crippen molar-refractivity contribution in [3.05, 3.63) is 72.2 Å². The summed E-state index contributed by atoms with van der Waals surface area (Å²) < 4.78 is 5.42.